The molecule has 3 aliphatic rings. The van der Waals surface area contributed by atoms with Crippen LogP contribution in [-0.2, 0) is 9.53 Å². The van der Waals surface area contributed by atoms with E-state index in [1.807, 2.05) is 25.8 Å². The second kappa shape index (κ2) is 11.5. The van der Waals surface area contributed by atoms with Crippen molar-refractivity contribution >= 4 is 34.2 Å². The molecule has 6 rings (SSSR count). The van der Waals surface area contributed by atoms with Gasteiger partial charge in [0.05, 0.1) is 29.3 Å². The van der Waals surface area contributed by atoms with Gasteiger partial charge in [0.15, 0.2) is 5.75 Å². The van der Waals surface area contributed by atoms with Crippen molar-refractivity contribution < 1.29 is 23.0 Å². The predicted octanol–water partition coefficient (Wildman–Crippen LogP) is 4.26. The normalized spacial score (nSPS) is 24.0. The summed E-state index contributed by atoms with van der Waals surface area (Å²) in [5.74, 6) is -1.05. The van der Waals surface area contributed by atoms with Gasteiger partial charge in [-0.15, -0.1) is 0 Å². The molecule has 9 nitrogen and oxygen atoms in total. The summed E-state index contributed by atoms with van der Waals surface area (Å²) in [6.07, 6.45) is 2.23. The number of rotatable bonds is 6. The first-order valence-corrected chi connectivity index (χ1v) is 14.8. The third-order valence-electron chi connectivity index (χ3n) is 8.67. The molecule has 2 aromatic carbocycles. The van der Waals surface area contributed by atoms with Gasteiger partial charge in [-0.05, 0) is 51.6 Å². The molecule has 1 aromatic heterocycles. The molecule has 1 amide bonds. The number of halogens is 3. The molecule has 0 aliphatic carbocycles. The van der Waals surface area contributed by atoms with E-state index in [9.17, 15) is 14.0 Å². The average molecular weight is 614 g/mol. The topological polar surface area (TPSA) is 80.1 Å². The molecule has 2 saturated heterocycles. The molecule has 3 aliphatic heterocycles. The number of likely N-dealkylation sites (tertiary alicyclic amines) is 1. The van der Waals surface area contributed by atoms with Crippen LogP contribution in [0.3, 0.4) is 0 Å². The van der Waals surface area contributed by atoms with Crippen molar-refractivity contribution in [2.24, 2.45) is 0 Å². The minimum atomic E-state index is -0.800. The summed E-state index contributed by atoms with van der Waals surface area (Å²) >= 11 is 6.84. The van der Waals surface area contributed by atoms with E-state index in [1.165, 1.54) is 12.1 Å². The largest absolute Gasteiger partial charge is 0.488 e. The van der Waals surface area contributed by atoms with Crippen LogP contribution in [0.25, 0.3) is 22.0 Å². The van der Waals surface area contributed by atoms with E-state index in [2.05, 4.69) is 16.5 Å². The minimum absolute atomic E-state index is 0.0378. The van der Waals surface area contributed by atoms with Gasteiger partial charge in [0.25, 0.3) is 0 Å². The first-order chi connectivity index (χ1) is 20.6. The Hall–Kier alpha value is -3.54. The number of carbonyl (C=O) groups is 1. The van der Waals surface area contributed by atoms with Crippen LogP contribution in [0.5, 0.6) is 5.75 Å². The summed E-state index contributed by atoms with van der Waals surface area (Å²) < 4.78 is 43.0. The van der Waals surface area contributed by atoms with Crippen LogP contribution < -0.4 is 15.3 Å². The maximum absolute atomic E-state index is 15.1. The highest BCUT2D eigenvalue weighted by Gasteiger charge is 2.36. The Morgan fingerprint density at radius 1 is 1.21 bits per heavy atom. The first-order valence-electron chi connectivity index (χ1n) is 14.4. The van der Waals surface area contributed by atoms with E-state index in [0.717, 1.165) is 31.6 Å². The highest BCUT2D eigenvalue weighted by atomic mass is 35.5. The summed E-state index contributed by atoms with van der Waals surface area (Å²) in [5, 5.41) is 0.727. The molecule has 43 heavy (non-hydrogen) atoms. The minimum Gasteiger partial charge on any atom is -0.488 e. The van der Waals surface area contributed by atoms with Gasteiger partial charge < -0.3 is 24.2 Å². The van der Waals surface area contributed by atoms with Crippen LogP contribution in [0.1, 0.15) is 26.3 Å². The molecule has 0 N–H and O–H groups in total. The Kier molecular flexibility index (Phi) is 7.91. The maximum atomic E-state index is 15.1. The van der Waals surface area contributed by atoms with Gasteiger partial charge in [0.1, 0.15) is 24.1 Å². The van der Waals surface area contributed by atoms with Crippen LogP contribution in [0.15, 0.2) is 41.7 Å². The van der Waals surface area contributed by atoms with E-state index < -0.39 is 23.4 Å². The number of likely N-dealkylation sites (N-methyl/N-ethyl adjacent to an activating group) is 1. The summed E-state index contributed by atoms with van der Waals surface area (Å²) in [6, 6.07) is 4.06. The van der Waals surface area contributed by atoms with Crippen LogP contribution in [-0.4, -0.2) is 89.9 Å². The summed E-state index contributed by atoms with van der Waals surface area (Å²) in [5.41, 5.74) is 0.215. The van der Waals surface area contributed by atoms with Crippen LogP contribution >= 0.6 is 11.6 Å². The molecule has 12 heteroatoms. The summed E-state index contributed by atoms with van der Waals surface area (Å²) in [6.45, 7) is 10.4. The van der Waals surface area contributed by atoms with Crippen molar-refractivity contribution in [1.82, 2.24) is 19.4 Å². The third kappa shape index (κ3) is 5.27. The lowest BCUT2D eigenvalue weighted by Gasteiger charge is -2.45. The number of hydrogen-bond acceptors (Lipinski definition) is 7. The SMILES string of the molecule is C=CC(=O)N1C[C@H](C)N(c2nc(=O)n3c4c(c(-c5ccc(F)cc5F)c(Cl)cc24)OC[C@@H]3COC2CCN(C)C2)C[C@H]1C. The van der Waals surface area contributed by atoms with Crippen molar-refractivity contribution in [3.05, 3.63) is 64.1 Å². The van der Waals surface area contributed by atoms with Crippen molar-refractivity contribution in [3.63, 3.8) is 0 Å². The van der Waals surface area contributed by atoms with E-state index >= 15 is 4.39 Å². The molecule has 0 bridgehead atoms. The van der Waals surface area contributed by atoms with Crippen LogP contribution in [0, 0.1) is 11.6 Å². The molecule has 0 saturated carbocycles. The number of carbonyl (C=O) groups excluding carboxylic acids is 1. The highest BCUT2D eigenvalue weighted by Crippen LogP contribution is 2.47. The van der Waals surface area contributed by atoms with Gasteiger partial charge >= 0.3 is 5.69 Å². The molecule has 1 unspecified atom stereocenters. The number of aromatic nitrogens is 2. The first kappa shape index (κ1) is 29.5. The molecule has 2 fully saturated rings. The quantitative estimate of drug-likeness (QED) is 0.385. The number of benzene rings is 2. The Labute approximate surface area is 253 Å². The molecule has 0 radical (unpaired) electrons. The van der Waals surface area contributed by atoms with Gasteiger partial charge in [0, 0.05) is 60.8 Å². The van der Waals surface area contributed by atoms with Gasteiger partial charge in [0.2, 0.25) is 5.91 Å². The molecule has 4 atom stereocenters. The Morgan fingerprint density at radius 3 is 2.70 bits per heavy atom. The fourth-order valence-electron chi connectivity index (χ4n) is 6.47. The molecule has 0 spiro atoms. The molecule has 228 valence electrons. The Bertz CT molecular complexity index is 1670. The smallest absolute Gasteiger partial charge is 0.350 e. The number of nitrogens with zero attached hydrogens (tertiary/aromatic N) is 5. The lowest BCUT2D eigenvalue weighted by atomic mass is 9.99. The summed E-state index contributed by atoms with van der Waals surface area (Å²) in [7, 11) is 2.04. The second-order valence-corrected chi connectivity index (χ2v) is 12.1. The number of piperazine rings is 1. The van der Waals surface area contributed by atoms with E-state index in [4.69, 9.17) is 21.1 Å². The predicted molar refractivity (Wildman–Crippen MR) is 161 cm³/mol. The fraction of sp³-hybridized carbons (Fsp3) is 0.452. The zero-order valence-corrected chi connectivity index (χ0v) is 25.1. The number of anilines is 1. The van der Waals surface area contributed by atoms with E-state index in [-0.39, 0.29) is 59.2 Å². The lowest BCUT2D eigenvalue weighted by Crippen LogP contribution is -2.58. The van der Waals surface area contributed by atoms with Crippen molar-refractivity contribution in [2.45, 2.75) is 44.5 Å². The number of hydrogen-bond donors (Lipinski definition) is 0. The Balaban J connectivity index is 1.51. The molecule has 3 aromatic rings. The van der Waals surface area contributed by atoms with Crippen molar-refractivity contribution in [2.75, 3.05) is 51.3 Å². The van der Waals surface area contributed by atoms with Crippen LogP contribution in [0.4, 0.5) is 14.6 Å². The van der Waals surface area contributed by atoms with E-state index in [0.29, 0.717) is 29.8 Å². The number of amides is 1. The van der Waals surface area contributed by atoms with Crippen molar-refractivity contribution in [1.29, 1.82) is 0 Å². The van der Waals surface area contributed by atoms with Gasteiger partial charge in [-0.2, -0.15) is 4.98 Å². The fourth-order valence-corrected chi connectivity index (χ4v) is 6.76. The Morgan fingerprint density at radius 2 is 2.00 bits per heavy atom. The molecular weight excluding hydrogens is 580 g/mol. The van der Waals surface area contributed by atoms with E-state index in [1.54, 1.807) is 15.5 Å². The van der Waals surface area contributed by atoms with Crippen molar-refractivity contribution in [3.8, 4) is 16.9 Å². The summed E-state index contributed by atoms with van der Waals surface area (Å²) in [4.78, 5) is 36.8. The highest BCUT2D eigenvalue weighted by molar-refractivity contribution is 6.35. The van der Waals surface area contributed by atoms with Gasteiger partial charge in [-0.1, -0.05) is 18.2 Å². The maximum Gasteiger partial charge on any atom is 0.350 e. The van der Waals surface area contributed by atoms with Gasteiger partial charge in [-0.3, -0.25) is 9.36 Å². The van der Waals surface area contributed by atoms with Crippen LogP contribution in [0.2, 0.25) is 5.02 Å². The zero-order valence-electron chi connectivity index (χ0n) is 24.4. The monoisotopic (exact) mass is 613 g/mol. The third-order valence-corrected chi connectivity index (χ3v) is 8.97. The second-order valence-electron chi connectivity index (χ2n) is 11.7. The molecule has 4 heterocycles. The molecular formula is C31H34ClF2N5O4. The van der Waals surface area contributed by atoms with Gasteiger partial charge in [-0.25, -0.2) is 13.6 Å². The standard InChI is InChI=1S/C31H34ClF2N5O4/c1-5-26(40)37-12-18(3)38(13-17(37)2)30-23-11-24(32)27(22-7-6-19(33)10-25(22)34)29-28(23)39(31(41)35-30)20(16-43-29)15-42-21-8-9-36(4)14-21/h5-7,10-11,17-18,20-21H,1,8-9,12-16H2,2-4H3/t17-,18+,20+,21?/m1/s1. The lowest BCUT2D eigenvalue weighted by molar-refractivity contribution is -0.128. The average Bonchev–Trinajstić information content (AvgIpc) is 3.40. The number of ether oxygens (including phenoxy) is 2. The zero-order chi connectivity index (χ0) is 30.6.